The number of ether oxygens (including phenoxy) is 1. The smallest absolute Gasteiger partial charge is 0.313 e. The summed E-state index contributed by atoms with van der Waals surface area (Å²) in [6, 6.07) is 9.64. The molecule has 0 unspecified atom stereocenters. The minimum absolute atomic E-state index is 0.163. The van der Waals surface area contributed by atoms with Gasteiger partial charge in [0.2, 0.25) is 0 Å². The highest BCUT2D eigenvalue weighted by molar-refractivity contribution is 6.69. The lowest BCUT2D eigenvalue weighted by Gasteiger charge is -2.26. The number of benzene rings is 1. The van der Waals surface area contributed by atoms with Crippen molar-refractivity contribution in [3.63, 3.8) is 0 Å². The van der Waals surface area contributed by atoms with Crippen LogP contribution in [0.25, 0.3) is 0 Å². The third-order valence-electron chi connectivity index (χ3n) is 2.65. The van der Waals surface area contributed by atoms with E-state index in [9.17, 15) is 9.59 Å². The average molecular weight is 294 g/mol. The van der Waals surface area contributed by atoms with Crippen LogP contribution in [0, 0.1) is 0 Å². The number of carbonyl (C=O) groups excluding carboxylic acids is 2. The molecule has 0 aromatic heterocycles. The summed E-state index contributed by atoms with van der Waals surface area (Å²) in [6.45, 7) is 6.23. The Labute approximate surface area is 121 Å². The summed E-state index contributed by atoms with van der Waals surface area (Å²) in [4.78, 5) is 23.1. The molecule has 0 fully saturated rings. The first-order chi connectivity index (χ1) is 9.31. The van der Waals surface area contributed by atoms with E-state index in [1.165, 1.54) is 7.11 Å². The van der Waals surface area contributed by atoms with E-state index in [2.05, 4.69) is 24.4 Å². The highest BCUT2D eigenvalue weighted by Crippen LogP contribution is 2.26. The third-order valence-corrected chi connectivity index (χ3v) is 3.64. The van der Waals surface area contributed by atoms with E-state index < -0.39 is 14.3 Å². The molecule has 1 rings (SSSR count). The van der Waals surface area contributed by atoms with Crippen LogP contribution in [0.2, 0.25) is 19.6 Å². The number of ketones is 1. The van der Waals surface area contributed by atoms with Gasteiger partial charge in [-0.1, -0.05) is 30.3 Å². The van der Waals surface area contributed by atoms with Crippen LogP contribution in [0.15, 0.2) is 30.3 Å². The van der Waals surface area contributed by atoms with Gasteiger partial charge in [0, 0.05) is 6.42 Å². The molecule has 0 aliphatic heterocycles. The van der Waals surface area contributed by atoms with E-state index in [1.807, 2.05) is 30.3 Å². The molecule has 1 atom stereocenters. The van der Waals surface area contributed by atoms with Crippen molar-refractivity contribution >= 4 is 20.1 Å². The second kappa shape index (κ2) is 7.35. The zero-order chi connectivity index (χ0) is 15.2. The molecule has 0 aliphatic rings. The fourth-order valence-corrected chi connectivity index (χ4v) is 2.91. The predicted octanol–water partition coefficient (Wildman–Crippen LogP) is 3.10. The molecule has 0 N–H and O–H groups in total. The Bertz CT molecular complexity index is 451. The summed E-state index contributed by atoms with van der Waals surface area (Å²) in [5.74, 6) is -0.668. The standard InChI is InChI=1S/C15H22O4Si/c1-18-15(17)11-13(16)10-14(19-20(2,3)4)12-8-6-5-7-9-12/h5-9,14H,10-11H2,1-4H3/t14-/m0/s1. The molecule has 1 aromatic carbocycles. The van der Waals surface area contributed by atoms with Crippen molar-refractivity contribution in [2.45, 2.75) is 38.6 Å². The summed E-state index contributed by atoms with van der Waals surface area (Å²) in [5.41, 5.74) is 0.966. The van der Waals surface area contributed by atoms with E-state index in [-0.39, 0.29) is 24.7 Å². The second-order valence-electron chi connectivity index (χ2n) is 5.63. The van der Waals surface area contributed by atoms with Crippen LogP contribution < -0.4 is 0 Å². The van der Waals surface area contributed by atoms with Gasteiger partial charge >= 0.3 is 5.97 Å². The van der Waals surface area contributed by atoms with Gasteiger partial charge in [0.1, 0.15) is 12.2 Å². The van der Waals surface area contributed by atoms with Gasteiger partial charge in [-0.3, -0.25) is 9.59 Å². The lowest BCUT2D eigenvalue weighted by atomic mass is 10.0. The highest BCUT2D eigenvalue weighted by atomic mass is 28.4. The summed E-state index contributed by atoms with van der Waals surface area (Å²) in [5, 5.41) is 0. The van der Waals surface area contributed by atoms with Crippen molar-refractivity contribution in [2.24, 2.45) is 0 Å². The Hall–Kier alpha value is -1.46. The maximum Gasteiger partial charge on any atom is 0.313 e. The number of Topliss-reactive ketones (excluding diaryl/α,β-unsaturated/α-hetero) is 1. The normalized spacial score (nSPS) is 12.8. The fraction of sp³-hybridized carbons (Fsp3) is 0.467. The van der Waals surface area contributed by atoms with E-state index >= 15 is 0 Å². The molecule has 1 aromatic rings. The first kappa shape index (κ1) is 16.6. The monoisotopic (exact) mass is 294 g/mol. The van der Waals surface area contributed by atoms with Gasteiger partial charge in [-0.25, -0.2) is 0 Å². The van der Waals surface area contributed by atoms with Gasteiger partial charge in [0.05, 0.1) is 13.2 Å². The molecule has 0 spiro atoms. The summed E-state index contributed by atoms with van der Waals surface area (Å²) >= 11 is 0. The zero-order valence-corrected chi connectivity index (χ0v) is 13.5. The molecule has 0 saturated heterocycles. The first-order valence-electron chi connectivity index (χ1n) is 6.63. The summed E-state index contributed by atoms with van der Waals surface area (Å²) in [6.07, 6.45) is -0.293. The lowest BCUT2D eigenvalue weighted by Crippen LogP contribution is -2.29. The SMILES string of the molecule is COC(=O)CC(=O)C[C@H](O[Si](C)(C)C)c1ccccc1. The van der Waals surface area contributed by atoms with Crippen LogP contribution in [-0.4, -0.2) is 27.2 Å². The van der Waals surface area contributed by atoms with Crippen molar-refractivity contribution in [2.75, 3.05) is 7.11 Å². The Morgan fingerprint density at radius 1 is 1.15 bits per heavy atom. The third kappa shape index (κ3) is 6.12. The molecule has 0 amide bonds. The van der Waals surface area contributed by atoms with Crippen LogP contribution in [0.3, 0.4) is 0 Å². The Morgan fingerprint density at radius 2 is 1.75 bits per heavy atom. The van der Waals surface area contributed by atoms with Gasteiger partial charge < -0.3 is 9.16 Å². The van der Waals surface area contributed by atoms with E-state index in [4.69, 9.17) is 4.43 Å². The number of hydrogen-bond donors (Lipinski definition) is 0. The second-order valence-corrected chi connectivity index (χ2v) is 10.1. The molecule has 110 valence electrons. The van der Waals surface area contributed by atoms with Crippen molar-refractivity contribution in [3.05, 3.63) is 35.9 Å². The van der Waals surface area contributed by atoms with Crippen molar-refractivity contribution < 1.29 is 18.8 Å². The number of methoxy groups -OCH3 is 1. The molecule has 20 heavy (non-hydrogen) atoms. The molecular weight excluding hydrogens is 272 g/mol. The molecule has 0 radical (unpaired) electrons. The van der Waals surface area contributed by atoms with Crippen LogP contribution in [-0.2, 0) is 18.8 Å². The Balaban J connectivity index is 2.79. The Kier molecular flexibility index (Phi) is 6.10. The van der Waals surface area contributed by atoms with Crippen molar-refractivity contribution in [1.29, 1.82) is 0 Å². The Morgan fingerprint density at radius 3 is 2.25 bits per heavy atom. The summed E-state index contributed by atoms with van der Waals surface area (Å²) < 4.78 is 10.6. The topological polar surface area (TPSA) is 52.6 Å². The van der Waals surface area contributed by atoms with Crippen LogP contribution in [0.1, 0.15) is 24.5 Å². The number of carbonyl (C=O) groups is 2. The van der Waals surface area contributed by atoms with E-state index in [0.29, 0.717) is 0 Å². The van der Waals surface area contributed by atoms with E-state index in [1.54, 1.807) is 0 Å². The lowest BCUT2D eigenvalue weighted by molar-refractivity contribution is -0.143. The number of hydrogen-bond acceptors (Lipinski definition) is 4. The molecule has 5 heteroatoms. The average Bonchev–Trinajstić information content (AvgIpc) is 2.37. The molecular formula is C15H22O4Si. The highest BCUT2D eigenvalue weighted by Gasteiger charge is 2.25. The van der Waals surface area contributed by atoms with Gasteiger partial charge in [-0.05, 0) is 25.2 Å². The molecule has 0 bridgehead atoms. The maximum atomic E-state index is 11.9. The van der Waals surface area contributed by atoms with Crippen molar-refractivity contribution in [1.82, 2.24) is 0 Å². The van der Waals surface area contributed by atoms with Gasteiger partial charge in [0.15, 0.2) is 8.32 Å². The minimum atomic E-state index is -1.79. The van der Waals surface area contributed by atoms with Gasteiger partial charge in [-0.15, -0.1) is 0 Å². The quantitative estimate of drug-likeness (QED) is 0.440. The fourth-order valence-electron chi connectivity index (χ4n) is 1.83. The van der Waals surface area contributed by atoms with Crippen LogP contribution in [0.4, 0.5) is 0 Å². The largest absolute Gasteiger partial charge is 0.469 e. The van der Waals surface area contributed by atoms with Crippen LogP contribution in [0.5, 0.6) is 0 Å². The molecule has 0 aliphatic carbocycles. The van der Waals surface area contributed by atoms with Crippen molar-refractivity contribution in [3.8, 4) is 0 Å². The maximum absolute atomic E-state index is 11.9. The molecule has 0 heterocycles. The minimum Gasteiger partial charge on any atom is -0.469 e. The molecule has 0 saturated carbocycles. The summed E-state index contributed by atoms with van der Waals surface area (Å²) in [7, 11) is -0.506. The zero-order valence-electron chi connectivity index (χ0n) is 12.5. The first-order valence-corrected chi connectivity index (χ1v) is 10.0. The molecule has 4 nitrogen and oxygen atoms in total. The predicted molar refractivity (Wildman–Crippen MR) is 79.9 cm³/mol. The van der Waals surface area contributed by atoms with Crippen LogP contribution >= 0.6 is 0 Å². The van der Waals surface area contributed by atoms with E-state index in [0.717, 1.165) is 5.56 Å². The van der Waals surface area contributed by atoms with Gasteiger partial charge in [-0.2, -0.15) is 0 Å². The number of esters is 1. The number of rotatable bonds is 7. The van der Waals surface area contributed by atoms with Gasteiger partial charge in [0.25, 0.3) is 0 Å².